The molecule has 2 saturated heterocycles. The molecule has 1 aromatic rings. The van der Waals surface area contributed by atoms with Gasteiger partial charge in [0.1, 0.15) is 11.4 Å². The van der Waals surface area contributed by atoms with E-state index in [1.165, 1.54) is 11.0 Å². The van der Waals surface area contributed by atoms with Gasteiger partial charge in [-0.05, 0) is 57.7 Å². The van der Waals surface area contributed by atoms with Crippen molar-refractivity contribution in [3.8, 4) is 0 Å². The van der Waals surface area contributed by atoms with E-state index < -0.39 is 5.54 Å². The van der Waals surface area contributed by atoms with Gasteiger partial charge in [-0.25, -0.2) is 9.18 Å². The zero-order valence-electron chi connectivity index (χ0n) is 19.7. The molecule has 3 rings (SSSR count). The Hall–Kier alpha value is -2.11. The molecule has 1 aromatic carbocycles. The molecule has 3 amide bonds. The van der Waals surface area contributed by atoms with Crippen LogP contribution in [0.2, 0.25) is 0 Å². The van der Waals surface area contributed by atoms with Gasteiger partial charge >= 0.3 is 6.03 Å². The summed E-state index contributed by atoms with van der Waals surface area (Å²) in [6, 6.07) is 6.69. The molecule has 1 atom stereocenters. The van der Waals surface area contributed by atoms with Crippen molar-refractivity contribution in [2.75, 3.05) is 37.6 Å². The van der Waals surface area contributed by atoms with Crippen molar-refractivity contribution in [3.63, 3.8) is 0 Å². The molecule has 0 bridgehead atoms. The molecule has 0 spiro atoms. The van der Waals surface area contributed by atoms with Gasteiger partial charge in [0.05, 0.1) is 0 Å². The lowest BCUT2D eigenvalue weighted by Gasteiger charge is -2.34. The first kappa shape index (κ1) is 27.1. The number of carbonyl (C=O) groups excluding carboxylic acids is 2. The van der Waals surface area contributed by atoms with Gasteiger partial charge in [0, 0.05) is 44.5 Å². The van der Waals surface area contributed by atoms with E-state index in [1.54, 1.807) is 19.1 Å². The van der Waals surface area contributed by atoms with E-state index in [9.17, 15) is 14.0 Å². The third-order valence-electron chi connectivity index (χ3n) is 6.22. The number of nitrogens with one attached hydrogen (secondary N) is 3. The smallest absolute Gasteiger partial charge is 0.325 e. The number of aliphatic imine (C=N–C) groups is 1. The third-order valence-corrected chi connectivity index (χ3v) is 6.22. The largest absolute Gasteiger partial charge is 0.371 e. The molecular weight excluding hydrogens is 538 g/mol. The Labute approximate surface area is 212 Å². The average Bonchev–Trinajstić information content (AvgIpc) is 3.00. The van der Waals surface area contributed by atoms with E-state index in [1.807, 2.05) is 19.9 Å². The fraction of sp³-hybridized carbons (Fsp3) is 0.609. The molecule has 0 saturated carbocycles. The average molecular weight is 574 g/mol. The highest BCUT2D eigenvalue weighted by atomic mass is 127. The zero-order chi connectivity index (χ0) is 23.1. The molecule has 0 aromatic heterocycles. The molecule has 3 N–H and O–H groups in total. The topological polar surface area (TPSA) is 89.1 Å². The van der Waals surface area contributed by atoms with Crippen LogP contribution in [-0.4, -0.2) is 67.1 Å². The van der Waals surface area contributed by atoms with Crippen LogP contribution in [0.5, 0.6) is 0 Å². The van der Waals surface area contributed by atoms with Crippen LogP contribution < -0.4 is 20.9 Å². The molecule has 33 heavy (non-hydrogen) atoms. The predicted molar refractivity (Wildman–Crippen MR) is 140 cm³/mol. The van der Waals surface area contributed by atoms with Gasteiger partial charge in [-0.15, -0.1) is 24.0 Å². The maximum absolute atomic E-state index is 13.5. The van der Waals surface area contributed by atoms with Crippen molar-refractivity contribution < 1.29 is 14.0 Å². The standard InChI is InChI=1S/C23H35FN6O2.HI/c1-4-23(3)20(31)30(22(32)28-23)13-7-12-26-21(25-5-2)27-18-10-14-29(15-11-18)19-9-6-8-17(24)16-19;/h6,8-9,16,18H,4-5,7,10-15H2,1-3H3,(H,28,32)(H2,25,26,27);1H. The number of guanidine groups is 1. The number of piperidine rings is 1. The molecule has 0 aliphatic carbocycles. The summed E-state index contributed by atoms with van der Waals surface area (Å²) in [5.41, 5.74) is 0.126. The van der Waals surface area contributed by atoms with Gasteiger partial charge in [0.15, 0.2) is 5.96 Å². The Kier molecular flexibility index (Phi) is 10.2. The first-order valence-corrected chi connectivity index (χ1v) is 11.6. The van der Waals surface area contributed by atoms with Crippen LogP contribution in [0.25, 0.3) is 0 Å². The quantitative estimate of drug-likeness (QED) is 0.146. The molecule has 10 heteroatoms. The molecule has 1 unspecified atom stereocenters. The Morgan fingerprint density at radius 3 is 2.61 bits per heavy atom. The molecule has 2 fully saturated rings. The highest BCUT2D eigenvalue weighted by Crippen LogP contribution is 2.22. The van der Waals surface area contributed by atoms with E-state index in [-0.39, 0.29) is 47.8 Å². The Morgan fingerprint density at radius 2 is 2.00 bits per heavy atom. The van der Waals surface area contributed by atoms with Gasteiger partial charge < -0.3 is 20.9 Å². The van der Waals surface area contributed by atoms with Gasteiger partial charge in [-0.3, -0.25) is 14.7 Å². The summed E-state index contributed by atoms with van der Waals surface area (Å²) < 4.78 is 13.5. The summed E-state index contributed by atoms with van der Waals surface area (Å²) in [6.45, 7) is 8.98. The normalized spacial score (nSPS) is 21.6. The van der Waals surface area contributed by atoms with Crippen molar-refractivity contribution >= 4 is 47.6 Å². The minimum Gasteiger partial charge on any atom is -0.371 e. The summed E-state index contributed by atoms with van der Waals surface area (Å²) in [5, 5.41) is 9.53. The molecule has 2 heterocycles. The van der Waals surface area contributed by atoms with E-state index in [0.717, 1.165) is 44.1 Å². The summed E-state index contributed by atoms with van der Waals surface area (Å²) in [7, 11) is 0. The highest BCUT2D eigenvalue weighted by Gasteiger charge is 2.45. The van der Waals surface area contributed by atoms with Gasteiger partial charge in [-0.2, -0.15) is 0 Å². The van der Waals surface area contributed by atoms with Crippen molar-refractivity contribution in [1.29, 1.82) is 0 Å². The van der Waals surface area contributed by atoms with E-state index >= 15 is 0 Å². The summed E-state index contributed by atoms with van der Waals surface area (Å²) in [4.78, 5) is 32.7. The fourth-order valence-electron chi connectivity index (χ4n) is 4.08. The number of anilines is 1. The number of carbonyl (C=O) groups is 2. The second-order valence-corrected chi connectivity index (χ2v) is 8.57. The number of amides is 3. The van der Waals surface area contributed by atoms with E-state index in [4.69, 9.17) is 0 Å². The number of imide groups is 1. The van der Waals surface area contributed by atoms with Crippen molar-refractivity contribution in [2.24, 2.45) is 4.99 Å². The van der Waals surface area contributed by atoms with Gasteiger partial charge in [0.2, 0.25) is 0 Å². The van der Waals surface area contributed by atoms with Crippen molar-refractivity contribution in [2.45, 2.75) is 58.0 Å². The number of halogens is 2. The van der Waals surface area contributed by atoms with Gasteiger partial charge in [0.25, 0.3) is 5.91 Å². The summed E-state index contributed by atoms with van der Waals surface area (Å²) >= 11 is 0. The fourth-order valence-corrected chi connectivity index (χ4v) is 4.08. The first-order valence-electron chi connectivity index (χ1n) is 11.6. The second-order valence-electron chi connectivity index (χ2n) is 8.57. The van der Waals surface area contributed by atoms with Crippen LogP contribution >= 0.6 is 24.0 Å². The maximum atomic E-state index is 13.5. The lowest BCUT2D eigenvalue weighted by atomic mass is 9.99. The Bertz CT molecular complexity index is 846. The molecule has 2 aliphatic heterocycles. The number of benzene rings is 1. The third kappa shape index (κ3) is 6.94. The number of hydrogen-bond acceptors (Lipinski definition) is 4. The van der Waals surface area contributed by atoms with Crippen LogP contribution in [0.4, 0.5) is 14.9 Å². The Morgan fingerprint density at radius 1 is 1.27 bits per heavy atom. The second kappa shape index (κ2) is 12.4. The molecular formula is C23H36FIN6O2. The Balaban J connectivity index is 0.00000385. The van der Waals surface area contributed by atoms with Crippen molar-refractivity contribution in [3.05, 3.63) is 30.1 Å². The maximum Gasteiger partial charge on any atom is 0.325 e. The lowest BCUT2D eigenvalue weighted by Crippen LogP contribution is -2.48. The minimum atomic E-state index is -0.794. The van der Waals surface area contributed by atoms with Crippen LogP contribution in [0.1, 0.15) is 46.5 Å². The highest BCUT2D eigenvalue weighted by molar-refractivity contribution is 14.0. The van der Waals surface area contributed by atoms with Crippen LogP contribution in [-0.2, 0) is 4.79 Å². The number of nitrogens with zero attached hydrogens (tertiary/aromatic N) is 3. The molecule has 0 radical (unpaired) electrons. The summed E-state index contributed by atoms with van der Waals surface area (Å²) in [5.74, 6) is 0.369. The van der Waals surface area contributed by atoms with E-state index in [0.29, 0.717) is 25.9 Å². The molecule has 184 valence electrons. The van der Waals surface area contributed by atoms with E-state index in [2.05, 4.69) is 25.8 Å². The van der Waals surface area contributed by atoms with Crippen molar-refractivity contribution in [1.82, 2.24) is 20.9 Å². The minimum absolute atomic E-state index is 0. The molecule has 8 nitrogen and oxygen atoms in total. The van der Waals surface area contributed by atoms with Crippen LogP contribution in [0.3, 0.4) is 0 Å². The monoisotopic (exact) mass is 574 g/mol. The SMILES string of the molecule is CCNC(=NCCCN1C(=O)NC(C)(CC)C1=O)NC1CCN(c2cccc(F)c2)CC1.I. The number of hydrogen-bond donors (Lipinski definition) is 3. The predicted octanol–water partition coefficient (Wildman–Crippen LogP) is 3.08. The summed E-state index contributed by atoms with van der Waals surface area (Å²) in [6.07, 6.45) is 3.03. The zero-order valence-corrected chi connectivity index (χ0v) is 22.0. The van der Waals surface area contributed by atoms with Crippen LogP contribution in [0, 0.1) is 5.82 Å². The van der Waals surface area contributed by atoms with Gasteiger partial charge in [-0.1, -0.05) is 13.0 Å². The number of rotatable bonds is 8. The first-order chi connectivity index (χ1) is 15.4. The number of urea groups is 1. The van der Waals surface area contributed by atoms with Crippen LogP contribution in [0.15, 0.2) is 29.3 Å². The lowest BCUT2D eigenvalue weighted by molar-refractivity contribution is -0.130. The molecule has 2 aliphatic rings.